The minimum absolute atomic E-state index is 0.0304. The smallest absolute Gasteiger partial charge is 0.282 e. The number of nitro groups is 1. The van der Waals surface area contributed by atoms with Crippen molar-refractivity contribution in [3.05, 3.63) is 81.6 Å². The topological polar surface area (TPSA) is 112 Å². The highest BCUT2D eigenvalue weighted by molar-refractivity contribution is 7.12. The predicted molar refractivity (Wildman–Crippen MR) is 122 cm³/mol. The van der Waals surface area contributed by atoms with Crippen LogP contribution in [0.3, 0.4) is 0 Å². The number of amides is 1. The van der Waals surface area contributed by atoms with Crippen LogP contribution in [0.1, 0.15) is 23.1 Å². The summed E-state index contributed by atoms with van der Waals surface area (Å²) in [5.74, 6) is 1.19. The molecule has 0 saturated heterocycles. The van der Waals surface area contributed by atoms with E-state index in [4.69, 9.17) is 4.74 Å². The summed E-state index contributed by atoms with van der Waals surface area (Å²) in [6.45, 7) is 4.32. The second kappa shape index (κ2) is 8.98. The van der Waals surface area contributed by atoms with Crippen LogP contribution in [0, 0.1) is 17.0 Å². The molecule has 162 valence electrons. The number of nitrogens with zero attached hydrogens (tertiary/aromatic N) is 4. The third-order valence-electron chi connectivity index (χ3n) is 4.67. The summed E-state index contributed by atoms with van der Waals surface area (Å²) in [6.07, 6.45) is 1.50. The molecule has 4 aromatic rings. The van der Waals surface area contributed by atoms with E-state index in [1.807, 2.05) is 36.6 Å². The van der Waals surface area contributed by atoms with E-state index in [0.29, 0.717) is 23.4 Å². The molecule has 0 bridgehead atoms. The van der Waals surface area contributed by atoms with Crippen molar-refractivity contribution in [3.8, 4) is 22.1 Å². The average molecular weight is 449 g/mol. The number of anilines is 1. The van der Waals surface area contributed by atoms with Gasteiger partial charge in [0.15, 0.2) is 5.13 Å². The molecule has 2 heterocycles. The molecule has 0 fully saturated rings. The Hall–Kier alpha value is -4.05. The highest BCUT2D eigenvalue weighted by atomic mass is 32.1. The van der Waals surface area contributed by atoms with Gasteiger partial charge in [-0.25, -0.2) is 9.97 Å². The predicted octanol–water partition coefficient (Wildman–Crippen LogP) is 4.86. The van der Waals surface area contributed by atoms with Crippen molar-refractivity contribution in [2.45, 2.75) is 13.8 Å². The Balaban J connectivity index is 1.61. The number of nitro benzene ring substituents is 1. The zero-order chi connectivity index (χ0) is 22.7. The van der Waals surface area contributed by atoms with Gasteiger partial charge in [0.25, 0.3) is 11.6 Å². The van der Waals surface area contributed by atoms with E-state index in [1.54, 1.807) is 17.6 Å². The van der Waals surface area contributed by atoms with E-state index in [2.05, 4.69) is 15.3 Å². The van der Waals surface area contributed by atoms with Crippen LogP contribution in [0.4, 0.5) is 11.5 Å². The van der Waals surface area contributed by atoms with Gasteiger partial charge in [-0.2, -0.15) is 0 Å². The van der Waals surface area contributed by atoms with Gasteiger partial charge in [-0.3, -0.25) is 19.5 Å². The van der Waals surface area contributed by atoms with Gasteiger partial charge >= 0.3 is 0 Å². The van der Waals surface area contributed by atoms with Gasteiger partial charge in [-0.15, -0.1) is 11.3 Å². The lowest BCUT2D eigenvalue weighted by Crippen LogP contribution is -2.16. The summed E-state index contributed by atoms with van der Waals surface area (Å²) in [5.41, 5.74) is 1.41. The molecule has 0 unspecified atom stereocenters. The van der Waals surface area contributed by atoms with Crippen LogP contribution < -0.4 is 10.1 Å². The van der Waals surface area contributed by atoms with E-state index in [-0.39, 0.29) is 11.3 Å². The fourth-order valence-electron chi connectivity index (χ4n) is 3.17. The minimum atomic E-state index is -0.596. The first-order valence-corrected chi connectivity index (χ1v) is 10.6. The molecule has 32 heavy (non-hydrogen) atoms. The van der Waals surface area contributed by atoms with Crippen molar-refractivity contribution in [2.24, 2.45) is 0 Å². The third kappa shape index (κ3) is 4.21. The van der Waals surface area contributed by atoms with Crippen LogP contribution >= 0.6 is 11.3 Å². The molecule has 0 aliphatic heterocycles. The largest absolute Gasteiger partial charge is 0.494 e. The van der Waals surface area contributed by atoms with E-state index < -0.39 is 10.8 Å². The monoisotopic (exact) mass is 449 g/mol. The molecule has 1 amide bonds. The number of para-hydroxylation sites is 1. The zero-order valence-corrected chi connectivity index (χ0v) is 18.1. The SMILES string of the molecule is CCOc1ccc(-c2csc(-n3c(NC(=O)c4ccccc4[N+](=O)[O-])cnc3C)n2)cc1. The molecule has 4 rings (SSSR count). The molecule has 0 saturated carbocycles. The molecule has 1 N–H and O–H groups in total. The Bertz CT molecular complexity index is 1280. The van der Waals surface area contributed by atoms with Gasteiger partial charge in [-0.1, -0.05) is 12.1 Å². The molecule has 0 spiro atoms. The van der Waals surface area contributed by atoms with Crippen molar-refractivity contribution < 1.29 is 14.5 Å². The van der Waals surface area contributed by atoms with Gasteiger partial charge in [-0.05, 0) is 44.2 Å². The lowest BCUT2D eigenvalue weighted by molar-refractivity contribution is -0.385. The van der Waals surface area contributed by atoms with E-state index in [1.165, 1.54) is 35.7 Å². The molecule has 10 heteroatoms. The number of aromatic nitrogens is 3. The molecule has 2 aromatic heterocycles. The number of imidazole rings is 1. The zero-order valence-electron chi connectivity index (χ0n) is 17.3. The summed E-state index contributed by atoms with van der Waals surface area (Å²) in [6, 6.07) is 13.4. The number of ether oxygens (including phenoxy) is 1. The van der Waals surface area contributed by atoms with Crippen LogP contribution in [0.5, 0.6) is 5.75 Å². The molecular weight excluding hydrogens is 430 g/mol. The fraction of sp³-hybridized carbons (Fsp3) is 0.136. The average Bonchev–Trinajstić information content (AvgIpc) is 3.41. The van der Waals surface area contributed by atoms with Crippen molar-refractivity contribution in [3.63, 3.8) is 0 Å². The maximum Gasteiger partial charge on any atom is 0.282 e. The van der Waals surface area contributed by atoms with Crippen LogP contribution in [0.2, 0.25) is 0 Å². The lowest BCUT2D eigenvalue weighted by atomic mass is 10.1. The Morgan fingerprint density at radius 1 is 1.22 bits per heavy atom. The Morgan fingerprint density at radius 2 is 1.97 bits per heavy atom. The summed E-state index contributed by atoms with van der Waals surface area (Å²) in [7, 11) is 0. The van der Waals surface area contributed by atoms with Gasteiger partial charge in [0, 0.05) is 17.0 Å². The number of rotatable bonds is 7. The number of nitrogens with one attached hydrogen (secondary N) is 1. The molecule has 0 atom stereocenters. The number of hydrogen-bond acceptors (Lipinski definition) is 7. The summed E-state index contributed by atoms with van der Waals surface area (Å²) < 4.78 is 7.18. The van der Waals surface area contributed by atoms with Gasteiger partial charge in [0.1, 0.15) is 23.0 Å². The van der Waals surface area contributed by atoms with Gasteiger partial charge in [0.2, 0.25) is 0 Å². The van der Waals surface area contributed by atoms with Crippen molar-refractivity contribution >= 4 is 28.7 Å². The second-order valence-corrected chi connectivity index (χ2v) is 7.56. The fourth-order valence-corrected chi connectivity index (χ4v) is 4.06. The number of thiazole rings is 1. The first kappa shape index (κ1) is 21.2. The van der Waals surface area contributed by atoms with Gasteiger partial charge < -0.3 is 10.1 Å². The van der Waals surface area contributed by atoms with Crippen molar-refractivity contribution in [1.82, 2.24) is 14.5 Å². The molecular formula is C22H19N5O4S. The number of aryl methyl sites for hydroxylation is 1. The van der Waals surface area contributed by atoms with Crippen molar-refractivity contribution in [1.29, 1.82) is 0 Å². The minimum Gasteiger partial charge on any atom is -0.494 e. The van der Waals surface area contributed by atoms with E-state index in [0.717, 1.165) is 17.0 Å². The highest BCUT2D eigenvalue weighted by Gasteiger charge is 2.22. The lowest BCUT2D eigenvalue weighted by Gasteiger charge is -2.09. The van der Waals surface area contributed by atoms with Gasteiger partial charge in [0.05, 0.1) is 23.4 Å². The van der Waals surface area contributed by atoms with E-state index >= 15 is 0 Å². The van der Waals surface area contributed by atoms with Crippen LogP contribution in [0.15, 0.2) is 60.1 Å². The first-order valence-electron chi connectivity index (χ1n) is 9.76. The molecule has 0 aliphatic carbocycles. The Kier molecular flexibility index (Phi) is 5.95. The number of carbonyl (C=O) groups is 1. The van der Waals surface area contributed by atoms with Crippen LogP contribution in [0.25, 0.3) is 16.4 Å². The van der Waals surface area contributed by atoms with Crippen LogP contribution in [-0.2, 0) is 0 Å². The normalized spacial score (nSPS) is 10.7. The second-order valence-electron chi connectivity index (χ2n) is 6.73. The molecule has 0 radical (unpaired) electrons. The first-order chi connectivity index (χ1) is 15.5. The Morgan fingerprint density at radius 3 is 2.69 bits per heavy atom. The Labute approximate surface area is 187 Å². The third-order valence-corrected chi connectivity index (χ3v) is 5.50. The number of hydrogen-bond donors (Lipinski definition) is 1. The maximum absolute atomic E-state index is 12.8. The maximum atomic E-state index is 12.8. The number of carbonyl (C=O) groups excluding carboxylic acids is 1. The van der Waals surface area contributed by atoms with Crippen molar-refractivity contribution in [2.75, 3.05) is 11.9 Å². The molecule has 0 aliphatic rings. The highest BCUT2D eigenvalue weighted by Crippen LogP contribution is 2.29. The molecule has 9 nitrogen and oxygen atoms in total. The summed E-state index contributed by atoms with van der Waals surface area (Å²) >= 11 is 1.40. The molecule has 2 aromatic carbocycles. The summed E-state index contributed by atoms with van der Waals surface area (Å²) in [5, 5.41) is 16.5. The number of benzene rings is 2. The quantitative estimate of drug-likeness (QED) is 0.318. The summed E-state index contributed by atoms with van der Waals surface area (Å²) in [4.78, 5) is 32.4. The van der Waals surface area contributed by atoms with Crippen LogP contribution in [-0.4, -0.2) is 32.0 Å². The standard InChI is InChI=1S/C22H19N5O4S/c1-3-31-16-10-8-15(9-11-16)18-13-32-22(24-18)26-14(2)23-12-20(26)25-21(28)17-6-4-5-7-19(17)27(29)30/h4-13H,3H2,1-2H3,(H,25,28). The van der Waals surface area contributed by atoms with E-state index in [9.17, 15) is 14.9 Å².